The van der Waals surface area contributed by atoms with Gasteiger partial charge in [0.25, 0.3) is 0 Å². The zero-order valence-corrected chi connectivity index (χ0v) is 13.2. The van der Waals surface area contributed by atoms with Crippen molar-refractivity contribution in [3.05, 3.63) is 64.8 Å². The van der Waals surface area contributed by atoms with Gasteiger partial charge in [0, 0.05) is 30.2 Å². The van der Waals surface area contributed by atoms with Crippen LogP contribution in [-0.4, -0.2) is 16.8 Å². The van der Waals surface area contributed by atoms with E-state index in [-0.39, 0.29) is 30.2 Å². The van der Waals surface area contributed by atoms with E-state index < -0.39 is 20.0 Å². The van der Waals surface area contributed by atoms with Crippen molar-refractivity contribution in [3.8, 4) is 0 Å². The van der Waals surface area contributed by atoms with Crippen LogP contribution in [-0.2, 0) is 40.5 Å². The van der Waals surface area contributed by atoms with Gasteiger partial charge in [-0.25, -0.2) is 16.8 Å². The molecule has 0 aliphatic carbocycles. The Morgan fingerprint density at radius 3 is 1.20 bits per heavy atom. The summed E-state index contributed by atoms with van der Waals surface area (Å²) in [6.07, 6.45) is 0. The monoisotopic (exact) mass is 402 g/mol. The van der Waals surface area contributed by atoms with E-state index in [0.717, 1.165) is 0 Å². The standard InChI is InChI=1S/C12H10NO4S2.Pd/c14-18(15,11-7-3-1-4-8-11)13-19(16,17)12-9-5-2-6-10-12;/h1-10H;/q-1;. The van der Waals surface area contributed by atoms with Gasteiger partial charge in [-0.05, 0) is 24.3 Å². The molecule has 0 amide bonds. The topological polar surface area (TPSA) is 82.4 Å². The molecule has 0 atom stereocenters. The quantitative estimate of drug-likeness (QED) is 0.734. The van der Waals surface area contributed by atoms with Crippen LogP contribution in [0, 0.1) is 0 Å². The average Bonchev–Trinajstić information content (AvgIpc) is 2.40. The third-order valence-corrected chi connectivity index (χ3v) is 5.58. The molecular formula is C12H10NO4PdS2-. The summed E-state index contributed by atoms with van der Waals surface area (Å²) in [5, 5.41) is 0. The van der Waals surface area contributed by atoms with Crippen LogP contribution < -0.4 is 0 Å². The Labute approximate surface area is 131 Å². The van der Waals surface area contributed by atoms with Gasteiger partial charge in [-0.15, -0.1) is 0 Å². The van der Waals surface area contributed by atoms with Crippen molar-refractivity contribution in [1.82, 2.24) is 0 Å². The zero-order valence-electron chi connectivity index (χ0n) is 9.99. The van der Waals surface area contributed by atoms with E-state index in [9.17, 15) is 16.8 Å². The van der Waals surface area contributed by atoms with Crippen molar-refractivity contribution in [2.45, 2.75) is 9.79 Å². The molecule has 0 spiro atoms. The van der Waals surface area contributed by atoms with E-state index in [1.807, 2.05) is 0 Å². The fourth-order valence-electron chi connectivity index (χ4n) is 1.40. The zero-order chi connectivity index (χ0) is 13.9. The van der Waals surface area contributed by atoms with Gasteiger partial charge in [-0.1, -0.05) is 36.4 Å². The van der Waals surface area contributed by atoms with Crippen LogP contribution in [0.2, 0.25) is 0 Å². The molecule has 0 aliphatic rings. The molecule has 0 heterocycles. The van der Waals surface area contributed by atoms with Gasteiger partial charge in [0.15, 0.2) is 0 Å². The molecule has 2 rings (SSSR count). The molecule has 0 bridgehead atoms. The summed E-state index contributed by atoms with van der Waals surface area (Å²) in [5.41, 5.74) is 0. The smallest absolute Gasteiger partial charge is 0.112 e. The minimum absolute atomic E-state index is 0. The first kappa shape index (κ1) is 17.0. The summed E-state index contributed by atoms with van der Waals surface area (Å²) >= 11 is 0. The van der Waals surface area contributed by atoms with Crippen molar-refractivity contribution < 1.29 is 37.3 Å². The fraction of sp³-hybridized carbons (Fsp3) is 0. The summed E-state index contributed by atoms with van der Waals surface area (Å²) < 4.78 is 50.5. The third-order valence-electron chi connectivity index (χ3n) is 2.28. The maximum absolute atomic E-state index is 11.9. The average molecular weight is 403 g/mol. The van der Waals surface area contributed by atoms with Crippen molar-refractivity contribution in [3.63, 3.8) is 0 Å². The van der Waals surface area contributed by atoms with Crippen LogP contribution in [0.25, 0.3) is 4.13 Å². The van der Waals surface area contributed by atoms with Gasteiger partial charge in [0.1, 0.15) is 20.0 Å². The number of sulfonamides is 2. The third kappa shape index (κ3) is 3.98. The molecule has 0 fully saturated rings. The summed E-state index contributed by atoms with van der Waals surface area (Å²) in [4.78, 5) is -0.316. The molecule has 2 aromatic rings. The maximum Gasteiger partial charge on any atom is 0.112 e. The molecule has 0 radical (unpaired) electrons. The maximum atomic E-state index is 11.9. The number of hydrogen-bond donors (Lipinski definition) is 0. The normalized spacial score (nSPS) is 11.6. The van der Waals surface area contributed by atoms with Gasteiger partial charge in [0.2, 0.25) is 0 Å². The van der Waals surface area contributed by atoms with E-state index >= 15 is 0 Å². The molecule has 0 aliphatic heterocycles. The van der Waals surface area contributed by atoms with E-state index in [2.05, 4.69) is 4.13 Å². The molecule has 110 valence electrons. The van der Waals surface area contributed by atoms with Crippen LogP contribution in [0.5, 0.6) is 0 Å². The van der Waals surface area contributed by atoms with Crippen molar-refractivity contribution >= 4 is 20.0 Å². The fourth-order valence-corrected chi connectivity index (χ4v) is 4.12. The van der Waals surface area contributed by atoms with E-state index in [0.29, 0.717) is 0 Å². The minimum Gasteiger partial charge on any atom is -0.428 e. The number of nitrogens with zero attached hydrogens (tertiary/aromatic N) is 1. The molecule has 0 N–H and O–H groups in total. The summed E-state index contributed by atoms with van der Waals surface area (Å²) in [5.74, 6) is 0. The Hall–Kier alpha value is -1.04. The SMILES string of the molecule is O=S(=O)([N-]S(=O)(=O)c1ccccc1)c1ccccc1.[Pd]. The number of hydrogen-bond acceptors (Lipinski definition) is 4. The van der Waals surface area contributed by atoms with Crippen molar-refractivity contribution in [1.29, 1.82) is 0 Å². The second kappa shape index (κ2) is 6.61. The molecule has 2 aromatic carbocycles. The summed E-state index contributed by atoms with van der Waals surface area (Å²) in [6, 6.07) is 14.4. The van der Waals surface area contributed by atoms with E-state index in [1.54, 1.807) is 12.1 Å². The van der Waals surface area contributed by atoms with Crippen LogP contribution in [0.3, 0.4) is 0 Å². The van der Waals surface area contributed by atoms with Gasteiger partial charge in [0.05, 0.1) is 0 Å². The number of benzene rings is 2. The Morgan fingerprint density at radius 1 is 0.600 bits per heavy atom. The van der Waals surface area contributed by atoms with Gasteiger partial charge in [-0.2, -0.15) is 0 Å². The Morgan fingerprint density at radius 2 is 0.900 bits per heavy atom. The van der Waals surface area contributed by atoms with Gasteiger partial charge in [-0.3, -0.25) is 0 Å². The second-order valence-electron chi connectivity index (χ2n) is 3.65. The van der Waals surface area contributed by atoms with E-state index in [4.69, 9.17) is 0 Å². The first-order valence-corrected chi connectivity index (χ1v) is 8.14. The predicted molar refractivity (Wildman–Crippen MR) is 70.6 cm³/mol. The Balaban J connectivity index is 0.00000200. The Bertz CT molecular complexity index is 692. The van der Waals surface area contributed by atoms with Crippen LogP contribution in [0.4, 0.5) is 0 Å². The molecule has 0 saturated heterocycles. The molecule has 0 saturated carbocycles. The largest absolute Gasteiger partial charge is 0.428 e. The van der Waals surface area contributed by atoms with E-state index in [1.165, 1.54) is 48.5 Å². The van der Waals surface area contributed by atoms with Crippen LogP contribution in [0.1, 0.15) is 0 Å². The summed E-state index contributed by atoms with van der Waals surface area (Å²) in [7, 11) is -8.46. The second-order valence-corrected chi connectivity index (χ2v) is 7.09. The van der Waals surface area contributed by atoms with Crippen LogP contribution >= 0.6 is 0 Å². The first-order valence-electron chi connectivity index (χ1n) is 5.26. The molecule has 20 heavy (non-hydrogen) atoms. The van der Waals surface area contributed by atoms with Gasteiger partial charge < -0.3 is 4.13 Å². The first-order chi connectivity index (χ1) is 8.92. The molecule has 8 heteroatoms. The molecule has 0 aromatic heterocycles. The van der Waals surface area contributed by atoms with Gasteiger partial charge >= 0.3 is 0 Å². The number of rotatable bonds is 4. The summed E-state index contributed by atoms with van der Waals surface area (Å²) in [6.45, 7) is 0. The predicted octanol–water partition coefficient (Wildman–Crippen LogP) is 2.14. The van der Waals surface area contributed by atoms with Crippen molar-refractivity contribution in [2.24, 2.45) is 0 Å². The Kier molecular flexibility index (Phi) is 5.62. The van der Waals surface area contributed by atoms with Crippen LogP contribution in [0.15, 0.2) is 70.5 Å². The van der Waals surface area contributed by atoms with Crippen molar-refractivity contribution in [2.75, 3.05) is 0 Å². The molecule has 5 nitrogen and oxygen atoms in total. The minimum atomic E-state index is -4.23. The molecule has 0 unspecified atom stereocenters. The molecular weight excluding hydrogens is 393 g/mol.